The normalized spacial score (nSPS) is 47.4. The molecule has 0 aromatic heterocycles. The second-order valence-electron chi connectivity index (χ2n) is 4.67. The molecule has 4 atom stereocenters. The van der Waals surface area contributed by atoms with Crippen molar-refractivity contribution < 1.29 is 17.3 Å². The number of aliphatic hydroxyl groups is 1. The van der Waals surface area contributed by atoms with E-state index in [9.17, 15) is 5.11 Å². The van der Waals surface area contributed by atoms with Crippen LogP contribution in [0.15, 0.2) is 8.96 Å². The molecule has 0 heterocycles. The van der Waals surface area contributed by atoms with E-state index in [0.29, 0.717) is 15.4 Å². The van der Waals surface area contributed by atoms with Crippen LogP contribution in [0.2, 0.25) is 0 Å². The lowest BCUT2D eigenvalue weighted by Crippen LogP contribution is -2.42. The Morgan fingerprint density at radius 2 is 1.83 bits per heavy atom. The lowest BCUT2D eigenvalue weighted by atomic mass is 9.86. The highest BCUT2D eigenvalue weighted by molar-refractivity contribution is 9.14. The molecular weight excluding hydrogens is 364 g/mol. The van der Waals surface area contributed by atoms with Crippen LogP contribution in [0, 0.1) is 17.7 Å². The molecule has 2 aliphatic rings. The molecule has 2 rings (SSSR count). The van der Waals surface area contributed by atoms with Crippen molar-refractivity contribution >= 4 is 31.9 Å². The summed E-state index contributed by atoms with van der Waals surface area (Å²) in [6.07, 6.45) is 1.51. The molecule has 104 valence electrons. The minimum Gasteiger partial charge on any atom is -0.392 e. The Hall–Kier alpha value is 0.580. The Morgan fingerprint density at radius 3 is 2.28 bits per heavy atom. The van der Waals surface area contributed by atoms with Gasteiger partial charge < -0.3 is 14.6 Å². The number of ether oxygens (including phenoxy) is 2. The molecular formula is C13H20Br2O3. The van der Waals surface area contributed by atoms with E-state index in [1.807, 2.05) is 0 Å². The molecule has 1 fully saturated rings. The smallest absolute Gasteiger partial charge is 0.185 e. The lowest BCUT2D eigenvalue weighted by molar-refractivity contribution is -0.236. The number of unbranched alkanes of at least 4 members (excludes halogenated alkanes) is 1. The first-order valence-corrected chi connectivity index (χ1v) is 7.72. The molecule has 0 spiro atoms. The zero-order valence-electron chi connectivity index (χ0n) is 12.8. The van der Waals surface area contributed by atoms with Crippen LogP contribution in [0.1, 0.15) is 28.9 Å². The van der Waals surface area contributed by atoms with Crippen LogP contribution in [0.3, 0.4) is 0 Å². The predicted molar refractivity (Wildman–Crippen MR) is 77.6 cm³/mol. The molecule has 1 N–H and O–H groups in total. The largest absolute Gasteiger partial charge is 0.392 e. The third kappa shape index (κ3) is 1.85. The van der Waals surface area contributed by atoms with Crippen molar-refractivity contribution in [3.63, 3.8) is 0 Å². The Labute approximate surface area is 128 Å². The number of rotatable bonds is 5. The van der Waals surface area contributed by atoms with Gasteiger partial charge in [0.05, 0.1) is 17.9 Å². The van der Waals surface area contributed by atoms with Gasteiger partial charge in [0, 0.05) is 25.9 Å². The lowest BCUT2D eigenvalue weighted by Gasteiger charge is -2.32. The van der Waals surface area contributed by atoms with Crippen LogP contribution >= 0.6 is 31.9 Å². The van der Waals surface area contributed by atoms with Crippen molar-refractivity contribution in [2.45, 2.75) is 38.1 Å². The van der Waals surface area contributed by atoms with Gasteiger partial charge in [0.2, 0.25) is 0 Å². The number of aliphatic hydroxyl groups excluding tert-OH is 1. The summed E-state index contributed by atoms with van der Waals surface area (Å²) in [5.74, 6) is -4.79. The summed E-state index contributed by atoms with van der Waals surface area (Å²) >= 11 is 6.77. The fourth-order valence-electron chi connectivity index (χ4n) is 3.01. The van der Waals surface area contributed by atoms with Crippen LogP contribution in [-0.4, -0.2) is 31.2 Å². The van der Waals surface area contributed by atoms with Crippen molar-refractivity contribution in [3.05, 3.63) is 8.96 Å². The molecule has 0 amide bonds. The monoisotopic (exact) mass is 384 g/mol. The second-order valence-corrected chi connectivity index (χ2v) is 6.26. The van der Waals surface area contributed by atoms with Crippen molar-refractivity contribution in [3.8, 4) is 0 Å². The first-order valence-electron chi connectivity index (χ1n) is 7.14. The van der Waals surface area contributed by atoms with E-state index < -0.39 is 29.6 Å². The van der Waals surface area contributed by atoms with E-state index in [-0.39, 0.29) is 0 Å². The highest BCUT2D eigenvalue weighted by Gasteiger charge is 2.67. The SMILES string of the molecule is [2H][C@]12C(Br)=C(Br)[C@]([2H])([C@H](CCCC)[C@@H]1O)C2(OC)OC. The summed E-state index contributed by atoms with van der Waals surface area (Å²) in [6, 6.07) is 0. The quantitative estimate of drug-likeness (QED) is 0.737. The predicted octanol–water partition coefficient (Wildman–Crippen LogP) is 3.40. The van der Waals surface area contributed by atoms with Gasteiger partial charge in [0.15, 0.2) is 5.79 Å². The average Bonchev–Trinajstić information content (AvgIpc) is 2.67. The molecule has 0 unspecified atom stereocenters. The molecule has 2 aliphatic carbocycles. The van der Waals surface area contributed by atoms with Crippen molar-refractivity contribution in [2.24, 2.45) is 17.7 Å². The highest BCUT2D eigenvalue weighted by Crippen LogP contribution is 2.63. The van der Waals surface area contributed by atoms with E-state index in [1.54, 1.807) is 0 Å². The first-order chi connectivity index (χ1) is 9.29. The standard InChI is InChI=1S/C13H20Br2O3/c1-4-5-6-7-8-10(14)11(15)9(12(7)16)13(8,17-2)18-3/h7-9,12,16H,4-6H2,1-3H3/t7-,8-,9-,12-/m0/s1/i8D,9D. The van der Waals surface area contributed by atoms with Gasteiger partial charge in [-0.25, -0.2) is 0 Å². The van der Waals surface area contributed by atoms with E-state index in [2.05, 4.69) is 38.8 Å². The average molecular weight is 386 g/mol. The summed E-state index contributed by atoms with van der Waals surface area (Å²) in [5.41, 5.74) is 0. The topological polar surface area (TPSA) is 38.7 Å². The highest BCUT2D eigenvalue weighted by atomic mass is 79.9. The summed E-state index contributed by atoms with van der Waals surface area (Å²) in [7, 11) is 2.85. The fraction of sp³-hybridized carbons (Fsp3) is 0.846. The Morgan fingerprint density at radius 1 is 1.28 bits per heavy atom. The van der Waals surface area contributed by atoms with Crippen molar-refractivity contribution in [1.29, 1.82) is 0 Å². The summed E-state index contributed by atoms with van der Waals surface area (Å²) in [6.45, 7) is 2.06. The molecule has 1 saturated carbocycles. The molecule has 2 bridgehead atoms. The number of hydrogen-bond acceptors (Lipinski definition) is 3. The van der Waals surface area contributed by atoms with Crippen molar-refractivity contribution in [2.75, 3.05) is 14.2 Å². The number of hydrogen-bond donors (Lipinski definition) is 1. The van der Waals surface area contributed by atoms with E-state index >= 15 is 0 Å². The Kier molecular flexibility index (Phi) is 3.78. The van der Waals surface area contributed by atoms with Gasteiger partial charge in [0.1, 0.15) is 0 Å². The van der Waals surface area contributed by atoms with Gasteiger partial charge in [-0.2, -0.15) is 0 Å². The number of halogens is 2. The van der Waals surface area contributed by atoms with Crippen LogP contribution in [0.5, 0.6) is 0 Å². The molecule has 0 aromatic carbocycles. The molecule has 0 saturated heterocycles. The summed E-state index contributed by atoms with van der Waals surface area (Å²) in [4.78, 5) is 0. The van der Waals surface area contributed by atoms with E-state index in [0.717, 1.165) is 12.8 Å². The van der Waals surface area contributed by atoms with Gasteiger partial charge in [-0.1, -0.05) is 51.6 Å². The third-order valence-electron chi connectivity index (χ3n) is 3.87. The van der Waals surface area contributed by atoms with Crippen LogP contribution in [0.4, 0.5) is 0 Å². The van der Waals surface area contributed by atoms with Crippen LogP contribution in [-0.2, 0) is 9.47 Å². The van der Waals surface area contributed by atoms with Gasteiger partial charge >= 0.3 is 0 Å². The van der Waals surface area contributed by atoms with E-state index in [4.69, 9.17) is 12.2 Å². The zero-order chi connectivity index (χ0) is 15.3. The molecule has 5 heteroatoms. The Bertz CT molecular complexity index is 441. The van der Waals surface area contributed by atoms with Crippen LogP contribution < -0.4 is 0 Å². The molecule has 18 heavy (non-hydrogen) atoms. The molecule has 3 nitrogen and oxygen atoms in total. The maximum atomic E-state index is 10.7. The number of methoxy groups -OCH3 is 2. The first kappa shape index (κ1) is 12.3. The number of fused-ring (bicyclic) bond motifs is 2. The molecule has 0 aliphatic heterocycles. The van der Waals surface area contributed by atoms with Gasteiger partial charge in [-0.05, 0) is 12.3 Å². The van der Waals surface area contributed by atoms with Gasteiger partial charge in [-0.15, -0.1) is 0 Å². The molecule has 0 radical (unpaired) electrons. The van der Waals surface area contributed by atoms with E-state index in [1.165, 1.54) is 14.2 Å². The minimum atomic E-state index is -1.53. The van der Waals surface area contributed by atoms with Gasteiger partial charge in [0.25, 0.3) is 0 Å². The third-order valence-corrected chi connectivity index (χ3v) is 6.05. The van der Waals surface area contributed by atoms with Gasteiger partial charge in [-0.3, -0.25) is 0 Å². The maximum Gasteiger partial charge on any atom is 0.185 e. The van der Waals surface area contributed by atoms with Crippen LogP contribution in [0.25, 0.3) is 0 Å². The zero-order valence-corrected chi connectivity index (χ0v) is 14.0. The van der Waals surface area contributed by atoms with Crippen molar-refractivity contribution in [1.82, 2.24) is 0 Å². The fourth-order valence-corrected chi connectivity index (χ4v) is 4.49. The Balaban J connectivity index is 2.61. The summed E-state index contributed by atoms with van der Waals surface area (Å²) in [5, 5.41) is 10.7. The molecule has 0 aromatic rings. The minimum absolute atomic E-state index is 0.407. The maximum absolute atomic E-state index is 10.7. The summed E-state index contributed by atoms with van der Waals surface area (Å²) < 4.78 is 29.7. The second kappa shape index (κ2) is 5.52.